The molecule has 1 heterocycles. The smallest absolute Gasteiger partial charge is 0.340 e. The summed E-state index contributed by atoms with van der Waals surface area (Å²) in [6, 6.07) is 2.33. The third-order valence-corrected chi connectivity index (χ3v) is 4.73. The number of carboxylic acids is 1. The molecule has 0 aliphatic carbocycles. The van der Waals surface area contributed by atoms with Gasteiger partial charge in [0.05, 0.1) is 12.3 Å². The van der Waals surface area contributed by atoms with Crippen LogP contribution in [-0.4, -0.2) is 50.1 Å². The molecule has 1 aromatic rings. The van der Waals surface area contributed by atoms with E-state index in [4.69, 9.17) is 9.84 Å². The zero-order chi connectivity index (χ0) is 16.3. The summed E-state index contributed by atoms with van der Waals surface area (Å²) in [7, 11) is -3.98. The molecule has 0 bridgehead atoms. The molecule has 9 heteroatoms. The monoisotopic (exact) mass is 332 g/mol. The minimum absolute atomic E-state index is 0.159. The van der Waals surface area contributed by atoms with Crippen LogP contribution in [-0.2, 0) is 14.9 Å². The van der Waals surface area contributed by atoms with Gasteiger partial charge in [0.2, 0.25) is 0 Å². The molecule has 0 atom stereocenters. The van der Waals surface area contributed by atoms with E-state index in [2.05, 4.69) is 4.72 Å². The van der Waals surface area contributed by atoms with Gasteiger partial charge in [0.15, 0.2) is 0 Å². The van der Waals surface area contributed by atoms with E-state index in [1.54, 1.807) is 6.92 Å². The van der Waals surface area contributed by atoms with Crippen LogP contribution in [0.3, 0.4) is 0 Å². The molecule has 22 heavy (non-hydrogen) atoms. The average molecular weight is 332 g/mol. The summed E-state index contributed by atoms with van der Waals surface area (Å²) in [5.41, 5.74) is -0.560. The third kappa shape index (κ3) is 3.73. The lowest BCUT2D eigenvalue weighted by molar-refractivity contribution is 0.0693. The highest BCUT2D eigenvalue weighted by Gasteiger charge is 2.26. The number of nitrogens with zero attached hydrogens (tertiary/aromatic N) is 1. The number of hydrogen-bond acceptors (Lipinski definition) is 4. The van der Waals surface area contributed by atoms with Gasteiger partial charge >= 0.3 is 16.2 Å². The van der Waals surface area contributed by atoms with Gasteiger partial charge in [-0.3, -0.25) is 4.72 Å². The molecule has 0 aromatic heterocycles. The fourth-order valence-electron chi connectivity index (χ4n) is 2.21. The van der Waals surface area contributed by atoms with Gasteiger partial charge in [-0.05, 0) is 31.0 Å². The Balaban J connectivity index is 2.34. The largest absolute Gasteiger partial charge is 0.478 e. The quantitative estimate of drug-likeness (QED) is 0.864. The number of carbonyl (C=O) groups is 1. The fraction of sp³-hybridized carbons (Fsp3) is 0.462. The number of halogens is 1. The number of hydrogen-bond donors (Lipinski definition) is 2. The first-order valence-electron chi connectivity index (χ1n) is 6.70. The lowest BCUT2D eigenvalue weighted by atomic mass is 10.1. The molecule has 1 aromatic carbocycles. The van der Waals surface area contributed by atoms with Crippen molar-refractivity contribution in [1.82, 2.24) is 4.31 Å². The van der Waals surface area contributed by atoms with Gasteiger partial charge in [0.25, 0.3) is 0 Å². The first-order valence-corrected chi connectivity index (χ1v) is 8.14. The number of carboxylic acid groups (broad SMARTS) is 1. The Labute approximate surface area is 127 Å². The summed E-state index contributed by atoms with van der Waals surface area (Å²) in [5.74, 6) is -2.52. The standard InChI is InChI=1S/C13H17FN2O5S/c1-9-7-10(14)12(13(17)18)11(8-9)15-22(19,20)16-3-2-5-21-6-4-16/h7-8,15H,2-6H2,1H3,(H,17,18). The molecule has 0 spiro atoms. The molecule has 1 aliphatic heterocycles. The van der Waals surface area contributed by atoms with Crippen LogP contribution < -0.4 is 4.72 Å². The number of nitrogens with one attached hydrogen (secondary N) is 1. The van der Waals surface area contributed by atoms with Gasteiger partial charge in [0, 0.05) is 19.7 Å². The molecule has 1 fully saturated rings. The van der Waals surface area contributed by atoms with E-state index >= 15 is 0 Å². The predicted molar refractivity (Wildman–Crippen MR) is 77.6 cm³/mol. The van der Waals surface area contributed by atoms with Crippen LogP contribution in [0.5, 0.6) is 0 Å². The first-order chi connectivity index (χ1) is 10.3. The van der Waals surface area contributed by atoms with Crippen molar-refractivity contribution in [2.45, 2.75) is 13.3 Å². The number of benzene rings is 1. The summed E-state index contributed by atoms with van der Waals surface area (Å²) in [5, 5.41) is 9.08. The van der Waals surface area contributed by atoms with Crippen molar-refractivity contribution in [2.75, 3.05) is 31.0 Å². The van der Waals surface area contributed by atoms with E-state index in [0.717, 1.165) is 10.4 Å². The van der Waals surface area contributed by atoms with Gasteiger partial charge in [-0.2, -0.15) is 12.7 Å². The molecule has 2 rings (SSSR count). The molecule has 1 saturated heterocycles. The van der Waals surface area contributed by atoms with Crippen molar-refractivity contribution in [3.05, 3.63) is 29.1 Å². The molecule has 0 amide bonds. The maximum Gasteiger partial charge on any atom is 0.340 e. The van der Waals surface area contributed by atoms with Crippen molar-refractivity contribution in [3.63, 3.8) is 0 Å². The highest BCUT2D eigenvalue weighted by atomic mass is 32.2. The first kappa shape index (κ1) is 16.7. The molecular formula is C13H17FN2O5S. The molecule has 7 nitrogen and oxygen atoms in total. The van der Waals surface area contributed by atoms with Gasteiger partial charge in [0.1, 0.15) is 11.4 Å². The SMILES string of the molecule is Cc1cc(F)c(C(=O)O)c(NS(=O)(=O)N2CCCOCC2)c1. The Hall–Kier alpha value is -1.71. The maximum absolute atomic E-state index is 13.8. The number of anilines is 1. The zero-order valence-corrected chi connectivity index (χ0v) is 12.8. The molecule has 0 radical (unpaired) electrons. The van der Waals surface area contributed by atoms with Crippen LogP contribution in [0.25, 0.3) is 0 Å². The topological polar surface area (TPSA) is 95.9 Å². The lowest BCUT2D eigenvalue weighted by Crippen LogP contribution is -2.38. The lowest BCUT2D eigenvalue weighted by Gasteiger charge is -2.21. The Morgan fingerprint density at radius 1 is 1.36 bits per heavy atom. The van der Waals surface area contributed by atoms with Crippen LogP contribution >= 0.6 is 0 Å². The van der Waals surface area contributed by atoms with Crippen LogP contribution in [0.2, 0.25) is 0 Å². The fourth-order valence-corrected chi connectivity index (χ4v) is 3.46. The summed E-state index contributed by atoms with van der Waals surface area (Å²) >= 11 is 0. The Morgan fingerprint density at radius 3 is 2.77 bits per heavy atom. The highest BCUT2D eigenvalue weighted by molar-refractivity contribution is 7.90. The minimum atomic E-state index is -3.98. The van der Waals surface area contributed by atoms with Gasteiger partial charge in [-0.15, -0.1) is 0 Å². The number of aromatic carboxylic acids is 1. The number of rotatable bonds is 4. The zero-order valence-electron chi connectivity index (χ0n) is 12.0. The van der Waals surface area contributed by atoms with Crippen LogP contribution in [0.4, 0.5) is 10.1 Å². The Kier molecular flexibility index (Phi) is 4.99. The molecule has 1 aliphatic rings. The van der Waals surface area contributed by atoms with E-state index in [0.29, 0.717) is 18.6 Å². The van der Waals surface area contributed by atoms with Gasteiger partial charge in [-0.25, -0.2) is 9.18 Å². The molecule has 2 N–H and O–H groups in total. The van der Waals surface area contributed by atoms with Crippen molar-refractivity contribution in [2.24, 2.45) is 0 Å². The van der Waals surface area contributed by atoms with E-state index in [9.17, 15) is 17.6 Å². The van der Waals surface area contributed by atoms with Crippen molar-refractivity contribution in [3.8, 4) is 0 Å². The van der Waals surface area contributed by atoms with E-state index in [1.807, 2.05) is 0 Å². The normalized spacial score (nSPS) is 17.0. The molecule has 0 saturated carbocycles. The second-order valence-electron chi connectivity index (χ2n) is 4.95. The second-order valence-corrected chi connectivity index (χ2v) is 6.62. The highest BCUT2D eigenvalue weighted by Crippen LogP contribution is 2.23. The maximum atomic E-state index is 13.8. The van der Waals surface area contributed by atoms with Crippen molar-refractivity contribution in [1.29, 1.82) is 0 Å². The summed E-state index contributed by atoms with van der Waals surface area (Å²) in [6.45, 7) is 2.69. The molecule has 0 unspecified atom stereocenters. The van der Waals surface area contributed by atoms with E-state index in [-0.39, 0.29) is 25.4 Å². The van der Waals surface area contributed by atoms with Crippen LogP contribution in [0, 0.1) is 12.7 Å². The molecule has 122 valence electrons. The Bertz CT molecular complexity index is 669. The second kappa shape index (κ2) is 6.59. The van der Waals surface area contributed by atoms with Crippen molar-refractivity contribution >= 4 is 21.9 Å². The summed E-state index contributed by atoms with van der Waals surface area (Å²) < 4.78 is 47.0. The Morgan fingerprint density at radius 2 is 2.09 bits per heavy atom. The van der Waals surface area contributed by atoms with E-state index in [1.165, 1.54) is 6.07 Å². The van der Waals surface area contributed by atoms with Crippen molar-refractivity contribution < 1.29 is 27.4 Å². The van der Waals surface area contributed by atoms with Crippen LogP contribution in [0.1, 0.15) is 22.3 Å². The number of ether oxygens (including phenoxy) is 1. The average Bonchev–Trinajstić information content (AvgIpc) is 2.65. The summed E-state index contributed by atoms with van der Waals surface area (Å²) in [6.07, 6.45) is 0.537. The van der Waals surface area contributed by atoms with Gasteiger partial charge < -0.3 is 9.84 Å². The minimum Gasteiger partial charge on any atom is -0.478 e. The van der Waals surface area contributed by atoms with E-state index < -0.39 is 27.6 Å². The summed E-state index contributed by atoms with van der Waals surface area (Å²) in [4.78, 5) is 11.2. The van der Waals surface area contributed by atoms with Crippen LogP contribution in [0.15, 0.2) is 12.1 Å². The van der Waals surface area contributed by atoms with Gasteiger partial charge in [-0.1, -0.05) is 0 Å². The third-order valence-electron chi connectivity index (χ3n) is 3.21. The molecular weight excluding hydrogens is 315 g/mol. The predicted octanol–water partition coefficient (Wildman–Crippen LogP) is 1.21. The number of aryl methyl sites for hydroxylation is 1.